The van der Waals surface area contributed by atoms with Crippen molar-refractivity contribution in [3.63, 3.8) is 0 Å². The average Bonchev–Trinajstić information content (AvgIpc) is 2.75. The van der Waals surface area contributed by atoms with Gasteiger partial charge in [0.15, 0.2) is 0 Å². The minimum absolute atomic E-state index is 0.148. The summed E-state index contributed by atoms with van der Waals surface area (Å²) in [6, 6.07) is 20.0. The number of halogens is 3. The molecular formula is C23H14Cl3N3O2. The summed E-state index contributed by atoms with van der Waals surface area (Å²) in [4.78, 5) is 25.0. The lowest BCUT2D eigenvalue weighted by atomic mass is 10.1. The van der Waals surface area contributed by atoms with Crippen LogP contribution in [-0.4, -0.2) is 11.8 Å². The van der Waals surface area contributed by atoms with Crippen LogP contribution in [0, 0.1) is 11.3 Å². The van der Waals surface area contributed by atoms with Gasteiger partial charge < -0.3 is 10.6 Å². The van der Waals surface area contributed by atoms with Gasteiger partial charge in [-0.15, -0.1) is 0 Å². The molecule has 0 spiro atoms. The van der Waals surface area contributed by atoms with Crippen molar-refractivity contribution >= 4 is 64.1 Å². The smallest absolute Gasteiger partial charge is 0.266 e. The number of rotatable bonds is 5. The Labute approximate surface area is 193 Å². The molecule has 5 nitrogen and oxygen atoms in total. The van der Waals surface area contributed by atoms with Gasteiger partial charge in [0.25, 0.3) is 11.8 Å². The number of nitrogens with zero attached hydrogens (tertiary/aromatic N) is 1. The number of hydrogen-bond donors (Lipinski definition) is 2. The molecule has 0 unspecified atom stereocenters. The van der Waals surface area contributed by atoms with Crippen LogP contribution in [0.2, 0.25) is 15.1 Å². The second-order valence-electron chi connectivity index (χ2n) is 6.28. The maximum Gasteiger partial charge on any atom is 0.266 e. The predicted molar refractivity (Wildman–Crippen MR) is 125 cm³/mol. The number of hydrogen-bond acceptors (Lipinski definition) is 3. The number of carbonyl (C=O) groups excluding carboxylic acids is 2. The number of benzene rings is 3. The second-order valence-corrected chi connectivity index (χ2v) is 7.48. The maximum atomic E-state index is 12.5. The zero-order chi connectivity index (χ0) is 22.4. The van der Waals surface area contributed by atoms with Crippen LogP contribution in [0.3, 0.4) is 0 Å². The molecule has 3 aromatic rings. The van der Waals surface area contributed by atoms with Crippen molar-refractivity contribution < 1.29 is 9.59 Å². The summed E-state index contributed by atoms with van der Waals surface area (Å²) >= 11 is 18.1. The van der Waals surface area contributed by atoms with Crippen LogP contribution in [0.4, 0.5) is 11.4 Å². The summed E-state index contributed by atoms with van der Waals surface area (Å²) in [5.41, 5.74) is 1.50. The summed E-state index contributed by atoms with van der Waals surface area (Å²) in [7, 11) is 0. The van der Waals surface area contributed by atoms with Gasteiger partial charge >= 0.3 is 0 Å². The largest absolute Gasteiger partial charge is 0.322 e. The highest BCUT2D eigenvalue weighted by atomic mass is 35.5. The lowest BCUT2D eigenvalue weighted by Gasteiger charge is -2.09. The van der Waals surface area contributed by atoms with Crippen LogP contribution in [-0.2, 0) is 4.79 Å². The Balaban J connectivity index is 1.79. The predicted octanol–water partition coefficient (Wildman–Crippen LogP) is 6.44. The Morgan fingerprint density at radius 2 is 1.58 bits per heavy atom. The molecular weight excluding hydrogens is 457 g/mol. The Bertz CT molecular complexity index is 1230. The molecule has 0 bridgehead atoms. The molecule has 0 heterocycles. The van der Waals surface area contributed by atoms with Gasteiger partial charge in [-0.1, -0.05) is 65.1 Å². The average molecular weight is 471 g/mol. The Hall–Kier alpha value is -3.30. The van der Waals surface area contributed by atoms with Crippen molar-refractivity contribution in [1.82, 2.24) is 0 Å². The fraction of sp³-hybridized carbons (Fsp3) is 0. The zero-order valence-corrected chi connectivity index (χ0v) is 18.1. The first kappa shape index (κ1) is 22.4. The molecule has 154 valence electrons. The highest BCUT2D eigenvalue weighted by molar-refractivity contribution is 6.44. The van der Waals surface area contributed by atoms with Crippen LogP contribution < -0.4 is 10.6 Å². The second kappa shape index (κ2) is 10.1. The van der Waals surface area contributed by atoms with Crippen molar-refractivity contribution in [3.05, 3.63) is 98.5 Å². The SMILES string of the molecule is N#C/C(=C\c1cccc(NC(=O)c2ccccc2Cl)c1)C(=O)Nc1cccc(Cl)c1Cl. The first-order valence-electron chi connectivity index (χ1n) is 8.92. The number of amides is 2. The molecule has 3 rings (SSSR count). The summed E-state index contributed by atoms with van der Waals surface area (Å²) in [6.07, 6.45) is 1.40. The monoisotopic (exact) mass is 469 g/mol. The molecule has 2 N–H and O–H groups in total. The van der Waals surface area contributed by atoms with Crippen LogP contribution in [0.25, 0.3) is 6.08 Å². The fourth-order valence-corrected chi connectivity index (χ4v) is 3.22. The van der Waals surface area contributed by atoms with E-state index in [0.717, 1.165) is 0 Å². The molecule has 0 saturated heterocycles. The molecule has 3 aromatic carbocycles. The lowest BCUT2D eigenvalue weighted by molar-refractivity contribution is -0.112. The summed E-state index contributed by atoms with van der Waals surface area (Å²) < 4.78 is 0. The van der Waals surface area contributed by atoms with E-state index < -0.39 is 5.91 Å². The fourth-order valence-electron chi connectivity index (χ4n) is 2.66. The van der Waals surface area contributed by atoms with Gasteiger partial charge in [0.1, 0.15) is 11.6 Å². The molecule has 0 saturated carbocycles. The van der Waals surface area contributed by atoms with Crippen LogP contribution in [0.15, 0.2) is 72.3 Å². The molecule has 0 aliphatic rings. The van der Waals surface area contributed by atoms with E-state index in [1.54, 1.807) is 66.7 Å². The molecule has 0 aromatic heterocycles. The van der Waals surface area contributed by atoms with Crippen molar-refractivity contribution in [1.29, 1.82) is 5.26 Å². The highest BCUT2D eigenvalue weighted by Gasteiger charge is 2.14. The normalized spacial score (nSPS) is 10.8. The number of nitriles is 1. The van der Waals surface area contributed by atoms with Gasteiger partial charge in [0, 0.05) is 5.69 Å². The Morgan fingerprint density at radius 3 is 2.32 bits per heavy atom. The van der Waals surface area contributed by atoms with E-state index in [9.17, 15) is 14.9 Å². The van der Waals surface area contributed by atoms with Crippen LogP contribution >= 0.6 is 34.8 Å². The molecule has 0 aliphatic heterocycles. The lowest BCUT2D eigenvalue weighted by Crippen LogP contribution is -2.14. The Morgan fingerprint density at radius 1 is 0.871 bits per heavy atom. The standard InChI is InChI=1S/C23H14Cl3N3O2/c24-18-8-2-1-7-17(18)23(31)28-16-6-3-5-14(12-16)11-15(13-27)22(30)29-20-10-4-9-19(25)21(20)26/h1-12H,(H,28,31)(H,29,30)/b15-11+. The quantitative estimate of drug-likeness (QED) is 0.332. The van der Waals surface area contributed by atoms with E-state index in [4.69, 9.17) is 34.8 Å². The van der Waals surface area contributed by atoms with Crippen LogP contribution in [0.5, 0.6) is 0 Å². The molecule has 0 aliphatic carbocycles. The maximum absolute atomic E-state index is 12.5. The summed E-state index contributed by atoms with van der Waals surface area (Å²) in [5.74, 6) is -1.02. The Kier molecular flexibility index (Phi) is 7.32. The molecule has 31 heavy (non-hydrogen) atoms. The molecule has 0 radical (unpaired) electrons. The van der Waals surface area contributed by atoms with E-state index in [-0.39, 0.29) is 21.5 Å². The van der Waals surface area contributed by atoms with Crippen molar-refractivity contribution in [2.45, 2.75) is 0 Å². The number of nitrogens with one attached hydrogen (secondary N) is 2. The molecule has 0 atom stereocenters. The number of carbonyl (C=O) groups is 2. The first-order valence-corrected chi connectivity index (χ1v) is 10.1. The third-order valence-electron chi connectivity index (χ3n) is 4.14. The highest BCUT2D eigenvalue weighted by Crippen LogP contribution is 2.30. The van der Waals surface area contributed by atoms with Crippen molar-refractivity contribution in [2.75, 3.05) is 10.6 Å². The minimum Gasteiger partial charge on any atom is -0.322 e. The third kappa shape index (κ3) is 5.65. The van der Waals surface area contributed by atoms with E-state index in [1.165, 1.54) is 6.08 Å². The van der Waals surface area contributed by atoms with Gasteiger partial charge in [0.2, 0.25) is 0 Å². The van der Waals surface area contributed by atoms with E-state index in [0.29, 0.717) is 27.5 Å². The van der Waals surface area contributed by atoms with E-state index in [1.807, 2.05) is 6.07 Å². The molecule has 2 amide bonds. The summed E-state index contributed by atoms with van der Waals surface area (Å²) in [6.45, 7) is 0. The third-order valence-corrected chi connectivity index (χ3v) is 5.29. The van der Waals surface area contributed by atoms with Crippen LogP contribution in [0.1, 0.15) is 15.9 Å². The van der Waals surface area contributed by atoms with E-state index >= 15 is 0 Å². The molecule has 0 fully saturated rings. The molecule has 8 heteroatoms. The van der Waals surface area contributed by atoms with Gasteiger partial charge in [-0.05, 0) is 48.0 Å². The van der Waals surface area contributed by atoms with Gasteiger partial charge in [-0.25, -0.2) is 0 Å². The van der Waals surface area contributed by atoms with E-state index in [2.05, 4.69) is 10.6 Å². The van der Waals surface area contributed by atoms with Crippen molar-refractivity contribution in [3.8, 4) is 6.07 Å². The summed E-state index contributed by atoms with van der Waals surface area (Å²) in [5, 5.41) is 15.5. The van der Waals surface area contributed by atoms with Crippen molar-refractivity contribution in [2.24, 2.45) is 0 Å². The van der Waals surface area contributed by atoms with Gasteiger partial charge in [-0.2, -0.15) is 5.26 Å². The minimum atomic E-state index is -0.642. The topological polar surface area (TPSA) is 82.0 Å². The zero-order valence-electron chi connectivity index (χ0n) is 15.8. The van der Waals surface area contributed by atoms with Gasteiger partial charge in [-0.3, -0.25) is 9.59 Å². The number of anilines is 2. The first-order chi connectivity index (χ1) is 14.9. The van der Waals surface area contributed by atoms with Gasteiger partial charge in [0.05, 0.1) is 26.3 Å².